The molecule has 2 aromatic carbocycles. The van der Waals surface area contributed by atoms with Gasteiger partial charge in [0.25, 0.3) is 5.91 Å². The maximum Gasteiger partial charge on any atom is 0.260 e. The molecule has 8 heteroatoms. The van der Waals surface area contributed by atoms with E-state index in [0.717, 1.165) is 32.1 Å². The summed E-state index contributed by atoms with van der Waals surface area (Å²) in [5, 5.41) is 5.89. The summed E-state index contributed by atoms with van der Waals surface area (Å²) in [7, 11) is 0. The van der Waals surface area contributed by atoms with E-state index in [-0.39, 0.29) is 5.91 Å². The number of thiazole rings is 1. The van der Waals surface area contributed by atoms with Gasteiger partial charge in [-0.15, -0.1) is 11.8 Å². The molecule has 0 aliphatic carbocycles. The Morgan fingerprint density at radius 1 is 1.19 bits per heavy atom. The second-order valence-corrected chi connectivity index (χ2v) is 9.65. The Balaban J connectivity index is 1.73. The molecule has 4 rings (SSSR count). The molecule has 31 heavy (non-hydrogen) atoms. The van der Waals surface area contributed by atoms with Crippen LogP contribution in [0.2, 0.25) is 5.02 Å². The normalized spacial score (nSPS) is 11.3. The van der Waals surface area contributed by atoms with Gasteiger partial charge in [0.2, 0.25) is 0 Å². The highest BCUT2D eigenvalue weighted by Crippen LogP contribution is 2.34. The van der Waals surface area contributed by atoms with Crippen molar-refractivity contribution in [2.45, 2.75) is 32.2 Å². The molecule has 160 valence electrons. The zero-order valence-corrected chi connectivity index (χ0v) is 20.2. The van der Waals surface area contributed by atoms with Crippen molar-refractivity contribution in [2.24, 2.45) is 0 Å². The van der Waals surface area contributed by atoms with Crippen LogP contribution in [0.3, 0.4) is 0 Å². The van der Waals surface area contributed by atoms with Gasteiger partial charge in [-0.25, -0.2) is 4.98 Å². The SMILES string of the molecule is CSc1cccc(C(=O)N(CCn2nc(C)cc2C)c2nc3c(C)c(Cl)ccc3s2)c1. The van der Waals surface area contributed by atoms with E-state index in [4.69, 9.17) is 16.6 Å². The summed E-state index contributed by atoms with van der Waals surface area (Å²) in [4.78, 5) is 21.2. The van der Waals surface area contributed by atoms with Crippen molar-refractivity contribution in [1.29, 1.82) is 0 Å². The molecule has 0 saturated heterocycles. The van der Waals surface area contributed by atoms with Crippen molar-refractivity contribution in [2.75, 3.05) is 17.7 Å². The number of anilines is 1. The van der Waals surface area contributed by atoms with Crippen LogP contribution in [0.5, 0.6) is 0 Å². The number of carbonyl (C=O) groups is 1. The number of amides is 1. The Bertz CT molecular complexity index is 1260. The zero-order chi connectivity index (χ0) is 22.1. The van der Waals surface area contributed by atoms with E-state index in [1.165, 1.54) is 11.3 Å². The minimum atomic E-state index is -0.0692. The first-order valence-corrected chi connectivity index (χ1v) is 12.3. The van der Waals surface area contributed by atoms with Gasteiger partial charge in [-0.1, -0.05) is 29.0 Å². The van der Waals surface area contributed by atoms with Gasteiger partial charge >= 0.3 is 0 Å². The second-order valence-electron chi connectivity index (χ2n) is 7.35. The fourth-order valence-electron chi connectivity index (χ4n) is 3.50. The van der Waals surface area contributed by atoms with Crippen molar-refractivity contribution in [3.8, 4) is 0 Å². The zero-order valence-electron chi connectivity index (χ0n) is 17.8. The van der Waals surface area contributed by atoms with Gasteiger partial charge in [0.05, 0.1) is 22.5 Å². The smallest absolute Gasteiger partial charge is 0.260 e. The molecule has 1 amide bonds. The van der Waals surface area contributed by atoms with E-state index in [1.54, 1.807) is 16.7 Å². The lowest BCUT2D eigenvalue weighted by atomic mass is 10.2. The van der Waals surface area contributed by atoms with E-state index in [0.29, 0.717) is 28.8 Å². The lowest BCUT2D eigenvalue weighted by molar-refractivity contribution is 0.0985. The molecule has 0 unspecified atom stereocenters. The molecule has 0 bridgehead atoms. The van der Waals surface area contributed by atoms with Gasteiger partial charge in [-0.05, 0) is 69.0 Å². The van der Waals surface area contributed by atoms with Crippen molar-refractivity contribution < 1.29 is 4.79 Å². The molecule has 0 radical (unpaired) electrons. The highest BCUT2D eigenvalue weighted by atomic mass is 35.5. The summed E-state index contributed by atoms with van der Waals surface area (Å²) in [5.41, 5.74) is 4.45. The van der Waals surface area contributed by atoms with Gasteiger partial charge in [-0.3, -0.25) is 14.4 Å². The number of benzene rings is 2. The number of carbonyl (C=O) groups excluding carboxylic acids is 1. The van der Waals surface area contributed by atoms with Crippen LogP contribution in [0.4, 0.5) is 5.13 Å². The number of halogens is 1. The van der Waals surface area contributed by atoms with E-state index in [1.807, 2.05) is 74.2 Å². The van der Waals surface area contributed by atoms with Gasteiger partial charge in [0.1, 0.15) is 0 Å². The maximum atomic E-state index is 13.6. The van der Waals surface area contributed by atoms with Crippen LogP contribution in [0.15, 0.2) is 47.4 Å². The maximum absolute atomic E-state index is 13.6. The van der Waals surface area contributed by atoms with Crippen molar-refractivity contribution >= 4 is 56.0 Å². The first kappa shape index (κ1) is 21.9. The molecular weight excluding hydrogens is 448 g/mol. The van der Waals surface area contributed by atoms with Gasteiger partial charge in [-0.2, -0.15) is 5.10 Å². The average Bonchev–Trinajstić information content (AvgIpc) is 3.33. The molecule has 5 nitrogen and oxygen atoms in total. The number of rotatable bonds is 6. The molecule has 0 atom stereocenters. The number of hydrogen-bond acceptors (Lipinski definition) is 5. The molecule has 0 N–H and O–H groups in total. The third-order valence-electron chi connectivity index (χ3n) is 5.17. The highest BCUT2D eigenvalue weighted by Gasteiger charge is 2.23. The number of fused-ring (bicyclic) bond motifs is 1. The number of aryl methyl sites for hydroxylation is 3. The Labute approximate surface area is 195 Å². The topological polar surface area (TPSA) is 51.0 Å². The van der Waals surface area contributed by atoms with Crippen molar-refractivity contribution in [3.05, 3.63) is 70.0 Å². The molecule has 0 aliphatic rings. The Kier molecular flexibility index (Phi) is 6.36. The van der Waals surface area contributed by atoms with Crippen molar-refractivity contribution in [3.63, 3.8) is 0 Å². The van der Waals surface area contributed by atoms with Crippen LogP contribution < -0.4 is 4.90 Å². The minimum Gasteiger partial charge on any atom is -0.282 e. The van der Waals surface area contributed by atoms with Crippen LogP contribution in [0.25, 0.3) is 10.2 Å². The summed E-state index contributed by atoms with van der Waals surface area (Å²) in [6.45, 7) is 7.01. The van der Waals surface area contributed by atoms with E-state index in [2.05, 4.69) is 5.10 Å². The fraction of sp³-hybridized carbons (Fsp3) is 0.261. The molecular formula is C23H23ClN4OS2. The van der Waals surface area contributed by atoms with Crippen LogP contribution in [0.1, 0.15) is 27.3 Å². The first-order chi connectivity index (χ1) is 14.9. The monoisotopic (exact) mass is 470 g/mol. The Morgan fingerprint density at radius 3 is 2.71 bits per heavy atom. The molecule has 2 aromatic heterocycles. The molecule has 0 saturated carbocycles. The summed E-state index contributed by atoms with van der Waals surface area (Å²) < 4.78 is 2.95. The second kappa shape index (κ2) is 9.02. The quantitative estimate of drug-likeness (QED) is 0.317. The van der Waals surface area contributed by atoms with Gasteiger partial charge < -0.3 is 0 Å². The first-order valence-electron chi connectivity index (χ1n) is 9.90. The van der Waals surface area contributed by atoms with Crippen LogP contribution in [-0.2, 0) is 6.54 Å². The number of hydrogen-bond donors (Lipinski definition) is 0. The largest absolute Gasteiger partial charge is 0.282 e. The van der Waals surface area contributed by atoms with Crippen LogP contribution in [0, 0.1) is 20.8 Å². The fourth-order valence-corrected chi connectivity index (χ4v) is 5.16. The third-order valence-corrected chi connectivity index (χ3v) is 7.35. The molecule has 4 aromatic rings. The van der Waals surface area contributed by atoms with E-state index < -0.39 is 0 Å². The van der Waals surface area contributed by atoms with E-state index >= 15 is 0 Å². The van der Waals surface area contributed by atoms with Crippen molar-refractivity contribution in [1.82, 2.24) is 14.8 Å². The van der Waals surface area contributed by atoms with E-state index in [9.17, 15) is 4.79 Å². The predicted molar refractivity (Wildman–Crippen MR) is 131 cm³/mol. The Morgan fingerprint density at radius 2 is 2.00 bits per heavy atom. The minimum absolute atomic E-state index is 0.0692. The van der Waals surface area contributed by atoms with Crippen LogP contribution >= 0.6 is 34.7 Å². The summed E-state index contributed by atoms with van der Waals surface area (Å²) >= 11 is 9.42. The number of nitrogens with zero attached hydrogens (tertiary/aromatic N) is 4. The molecule has 0 aliphatic heterocycles. The third kappa shape index (κ3) is 4.49. The summed E-state index contributed by atoms with van der Waals surface area (Å²) in [5.74, 6) is -0.0692. The lowest BCUT2D eigenvalue weighted by Crippen LogP contribution is -2.34. The standard InChI is InChI=1S/C23H23ClN4OS2/c1-14-12-15(2)28(26-14)11-10-27(22(29)17-6-5-7-18(13-17)30-4)23-25-21-16(3)19(24)8-9-20(21)31-23/h5-9,12-13H,10-11H2,1-4H3. The lowest BCUT2D eigenvalue weighted by Gasteiger charge is -2.20. The highest BCUT2D eigenvalue weighted by molar-refractivity contribution is 7.98. The Hall–Kier alpha value is -2.35. The molecule has 0 spiro atoms. The molecule has 2 heterocycles. The van der Waals surface area contributed by atoms with Gasteiger partial charge in [0.15, 0.2) is 5.13 Å². The number of aromatic nitrogens is 3. The van der Waals surface area contributed by atoms with Crippen LogP contribution in [-0.4, -0.2) is 33.5 Å². The number of thioether (sulfide) groups is 1. The molecule has 0 fully saturated rings. The average molecular weight is 471 g/mol. The van der Waals surface area contributed by atoms with Gasteiger partial charge in [0, 0.05) is 27.7 Å². The summed E-state index contributed by atoms with van der Waals surface area (Å²) in [6, 6.07) is 13.6. The predicted octanol–water partition coefficient (Wildman–Crippen LogP) is 6.14. The summed E-state index contributed by atoms with van der Waals surface area (Å²) in [6.07, 6.45) is 2.00.